The SMILES string of the molecule is COc1ccc(/C=C2\Cc3c(sc4ccccc34)C2=O)cc1. The van der Waals surface area contributed by atoms with Crippen LogP contribution in [-0.2, 0) is 6.42 Å². The monoisotopic (exact) mass is 306 g/mol. The normalized spacial score (nSPS) is 15.5. The van der Waals surface area contributed by atoms with Crippen molar-refractivity contribution in [1.29, 1.82) is 0 Å². The van der Waals surface area contributed by atoms with E-state index in [-0.39, 0.29) is 5.78 Å². The molecule has 2 nitrogen and oxygen atoms in total. The first kappa shape index (κ1) is 13.3. The smallest absolute Gasteiger partial charge is 0.199 e. The lowest BCUT2D eigenvalue weighted by Crippen LogP contribution is -1.93. The summed E-state index contributed by atoms with van der Waals surface area (Å²) in [6, 6.07) is 16.0. The molecule has 1 aromatic heterocycles. The molecule has 1 heterocycles. The Morgan fingerprint density at radius 2 is 1.86 bits per heavy atom. The minimum Gasteiger partial charge on any atom is -0.497 e. The number of benzene rings is 2. The van der Waals surface area contributed by atoms with Crippen molar-refractivity contribution in [2.24, 2.45) is 0 Å². The van der Waals surface area contributed by atoms with E-state index in [0.717, 1.165) is 28.2 Å². The quantitative estimate of drug-likeness (QED) is 0.640. The summed E-state index contributed by atoms with van der Waals surface area (Å²) in [6.07, 6.45) is 2.72. The van der Waals surface area contributed by atoms with Crippen molar-refractivity contribution in [3.05, 3.63) is 70.1 Å². The second kappa shape index (κ2) is 5.11. The standard InChI is InChI=1S/C19H14O2S/c1-21-14-8-6-12(7-9-14)10-13-11-16-15-4-2-3-5-17(15)22-19(16)18(13)20/h2-10H,11H2,1H3/b13-10+. The van der Waals surface area contributed by atoms with Gasteiger partial charge in [-0.15, -0.1) is 11.3 Å². The number of ether oxygens (including phenoxy) is 1. The first-order valence-electron chi connectivity index (χ1n) is 7.16. The van der Waals surface area contributed by atoms with Crippen molar-refractivity contribution < 1.29 is 9.53 Å². The van der Waals surface area contributed by atoms with Gasteiger partial charge in [0.15, 0.2) is 5.78 Å². The van der Waals surface area contributed by atoms with E-state index >= 15 is 0 Å². The van der Waals surface area contributed by atoms with E-state index < -0.39 is 0 Å². The molecule has 3 aromatic rings. The number of carbonyl (C=O) groups excluding carboxylic acids is 1. The Bertz CT molecular complexity index is 901. The number of fused-ring (bicyclic) bond motifs is 3. The van der Waals surface area contributed by atoms with Crippen molar-refractivity contribution in [3.63, 3.8) is 0 Å². The molecule has 0 aliphatic heterocycles. The fraction of sp³-hybridized carbons (Fsp3) is 0.105. The second-order valence-corrected chi connectivity index (χ2v) is 6.41. The van der Waals surface area contributed by atoms with E-state index in [0.29, 0.717) is 0 Å². The van der Waals surface area contributed by atoms with E-state index in [1.165, 1.54) is 15.6 Å². The number of hydrogen-bond acceptors (Lipinski definition) is 3. The Balaban J connectivity index is 1.72. The zero-order valence-corrected chi connectivity index (χ0v) is 12.9. The topological polar surface area (TPSA) is 26.3 Å². The molecular formula is C19H14O2S. The van der Waals surface area contributed by atoms with Crippen LogP contribution in [0.3, 0.4) is 0 Å². The molecule has 2 aromatic carbocycles. The van der Waals surface area contributed by atoms with Gasteiger partial charge in [0.1, 0.15) is 5.75 Å². The van der Waals surface area contributed by atoms with Gasteiger partial charge in [0.2, 0.25) is 0 Å². The van der Waals surface area contributed by atoms with Crippen LogP contribution in [0.25, 0.3) is 16.2 Å². The third kappa shape index (κ3) is 2.06. The van der Waals surface area contributed by atoms with Crippen molar-refractivity contribution in [3.8, 4) is 5.75 Å². The molecule has 0 N–H and O–H groups in total. The third-order valence-electron chi connectivity index (χ3n) is 4.02. The number of Topliss-reactive ketones (excluding diaryl/α,β-unsaturated/α-hetero) is 1. The van der Waals surface area contributed by atoms with Crippen molar-refractivity contribution in [2.45, 2.75) is 6.42 Å². The molecule has 0 saturated heterocycles. The van der Waals surface area contributed by atoms with Crippen LogP contribution in [0.15, 0.2) is 54.1 Å². The fourth-order valence-electron chi connectivity index (χ4n) is 2.89. The predicted molar refractivity (Wildman–Crippen MR) is 90.8 cm³/mol. The molecule has 0 spiro atoms. The molecule has 1 aliphatic rings. The fourth-order valence-corrected chi connectivity index (χ4v) is 4.09. The first-order valence-corrected chi connectivity index (χ1v) is 7.97. The maximum absolute atomic E-state index is 12.6. The van der Waals surface area contributed by atoms with Crippen LogP contribution in [0.5, 0.6) is 5.75 Å². The van der Waals surface area contributed by atoms with E-state index in [1.807, 2.05) is 42.5 Å². The third-order valence-corrected chi connectivity index (χ3v) is 5.23. The summed E-state index contributed by atoms with van der Waals surface area (Å²) in [6.45, 7) is 0. The van der Waals surface area contributed by atoms with Crippen molar-refractivity contribution in [2.75, 3.05) is 7.11 Å². The van der Waals surface area contributed by atoms with Crippen LogP contribution in [0.2, 0.25) is 0 Å². The van der Waals surface area contributed by atoms with Gasteiger partial charge in [-0.1, -0.05) is 30.3 Å². The Morgan fingerprint density at radius 3 is 2.64 bits per heavy atom. The van der Waals surface area contributed by atoms with E-state index in [2.05, 4.69) is 12.1 Å². The molecule has 0 fully saturated rings. The minimum absolute atomic E-state index is 0.173. The number of ketones is 1. The molecule has 0 bridgehead atoms. The maximum Gasteiger partial charge on any atom is 0.199 e. The van der Waals surface area contributed by atoms with Gasteiger partial charge in [0.05, 0.1) is 12.0 Å². The highest BCUT2D eigenvalue weighted by molar-refractivity contribution is 7.21. The van der Waals surface area contributed by atoms with E-state index in [4.69, 9.17) is 4.74 Å². The van der Waals surface area contributed by atoms with Crippen LogP contribution >= 0.6 is 11.3 Å². The molecular weight excluding hydrogens is 292 g/mol. The van der Waals surface area contributed by atoms with Gasteiger partial charge in [0.25, 0.3) is 0 Å². The lowest BCUT2D eigenvalue weighted by atomic mass is 10.1. The van der Waals surface area contributed by atoms with Gasteiger partial charge in [-0.3, -0.25) is 4.79 Å². The average molecular weight is 306 g/mol. The molecule has 22 heavy (non-hydrogen) atoms. The zero-order chi connectivity index (χ0) is 15.1. The average Bonchev–Trinajstić information content (AvgIpc) is 3.06. The predicted octanol–water partition coefficient (Wildman–Crippen LogP) is 4.73. The first-order chi connectivity index (χ1) is 10.8. The number of carbonyl (C=O) groups is 1. The zero-order valence-electron chi connectivity index (χ0n) is 12.1. The molecule has 1 aliphatic carbocycles. The Hall–Kier alpha value is -2.39. The van der Waals surface area contributed by atoms with Gasteiger partial charge in [-0.2, -0.15) is 0 Å². The van der Waals surface area contributed by atoms with Crippen LogP contribution in [0.4, 0.5) is 0 Å². The Labute approximate surface area is 132 Å². The number of methoxy groups -OCH3 is 1. The lowest BCUT2D eigenvalue weighted by molar-refractivity contribution is 0.104. The highest BCUT2D eigenvalue weighted by Crippen LogP contribution is 2.39. The lowest BCUT2D eigenvalue weighted by Gasteiger charge is -2.01. The molecule has 0 amide bonds. The van der Waals surface area contributed by atoms with Crippen molar-refractivity contribution in [1.82, 2.24) is 0 Å². The van der Waals surface area contributed by atoms with E-state index in [1.54, 1.807) is 18.4 Å². The van der Waals surface area contributed by atoms with Crippen LogP contribution in [0.1, 0.15) is 20.8 Å². The van der Waals surface area contributed by atoms with Gasteiger partial charge in [-0.25, -0.2) is 0 Å². The number of allylic oxidation sites excluding steroid dienone is 1. The molecule has 108 valence electrons. The highest BCUT2D eigenvalue weighted by Gasteiger charge is 2.28. The maximum atomic E-state index is 12.6. The molecule has 0 saturated carbocycles. The molecule has 4 rings (SSSR count). The second-order valence-electron chi connectivity index (χ2n) is 5.35. The largest absolute Gasteiger partial charge is 0.497 e. The summed E-state index contributed by atoms with van der Waals surface area (Å²) in [5.74, 6) is 0.997. The van der Waals surface area contributed by atoms with Gasteiger partial charge in [-0.05, 0) is 40.8 Å². The minimum atomic E-state index is 0.173. The van der Waals surface area contributed by atoms with Crippen LogP contribution in [-0.4, -0.2) is 12.9 Å². The molecule has 0 atom stereocenters. The molecule has 3 heteroatoms. The van der Waals surface area contributed by atoms with Crippen molar-refractivity contribution >= 4 is 33.3 Å². The Kier molecular flexibility index (Phi) is 3.09. The van der Waals surface area contributed by atoms with Crippen LogP contribution in [0, 0.1) is 0 Å². The number of rotatable bonds is 2. The van der Waals surface area contributed by atoms with Gasteiger partial charge >= 0.3 is 0 Å². The summed E-state index contributed by atoms with van der Waals surface area (Å²) in [5.41, 5.74) is 3.09. The summed E-state index contributed by atoms with van der Waals surface area (Å²) in [4.78, 5) is 13.5. The summed E-state index contributed by atoms with van der Waals surface area (Å²) in [5, 5.41) is 1.22. The highest BCUT2D eigenvalue weighted by atomic mass is 32.1. The summed E-state index contributed by atoms with van der Waals surface area (Å²) in [7, 11) is 1.65. The summed E-state index contributed by atoms with van der Waals surface area (Å²) < 4.78 is 6.36. The van der Waals surface area contributed by atoms with Crippen LogP contribution < -0.4 is 4.74 Å². The molecule has 0 radical (unpaired) electrons. The molecule has 0 unspecified atom stereocenters. The van der Waals surface area contributed by atoms with E-state index in [9.17, 15) is 4.79 Å². The van der Waals surface area contributed by atoms with Gasteiger partial charge < -0.3 is 4.74 Å². The number of thiophene rings is 1. The van der Waals surface area contributed by atoms with Gasteiger partial charge in [0, 0.05) is 16.7 Å². The summed E-state index contributed by atoms with van der Waals surface area (Å²) >= 11 is 1.60. The Morgan fingerprint density at radius 1 is 1.09 bits per heavy atom. The number of hydrogen-bond donors (Lipinski definition) is 0.